The van der Waals surface area contributed by atoms with Crippen LogP contribution in [-0.2, 0) is 0 Å². The zero-order valence-corrected chi connectivity index (χ0v) is 22.6. The van der Waals surface area contributed by atoms with Gasteiger partial charge in [-0.3, -0.25) is 0 Å². The van der Waals surface area contributed by atoms with Gasteiger partial charge >= 0.3 is 0 Å². The van der Waals surface area contributed by atoms with Gasteiger partial charge in [0.2, 0.25) is 0 Å². The third kappa shape index (κ3) is 8.26. The van der Waals surface area contributed by atoms with Crippen LogP contribution in [0.5, 0.6) is 5.75 Å². The van der Waals surface area contributed by atoms with Crippen molar-refractivity contribution in [3.05, 3.63) is 54.6 Å². The van der Waals surface area contributed by atoms with Crippen molar-refractivity contribution in [2.45, 2.75) is 116 Å². The molecule has 194 valence electrons. The molecule has 2 atom stereocenters. The highest BCUT2D eigenvalue weighted by Gasteiger charge is 2.28. The second-order valence-corrected chi connectivity index (χ2v) is 12.1. The van der Waals surface area contributed by atoms with E-state index in [9.17, 15) is 0 Å². The first-order chi connectivity index (χ1) is 17.2. The normalized spacial score (nSPS) is 31.2. The van der Waals surface area contributed by atoms with E-state index in [0.29, 0.717) is 5.92 Å². The number of rotatable bonds is 12. The lowest BCUT2D eigenvalue weighted by atomic mass is 9.70. The standard InChI is InChI=1S/C34H52O/c1-3-5-7-9-28-14-16-30(17-15-28)31-18-20-32(21-19-31)33-22-24-34(25-23-33)35-26-29-12-10-27(11-13-29)8-6-4-2/h4,18,20,22-25,27-32H,2-3,5-17,19,21,26H2,1H3. The fourth-order valence-electron chi connectivity index (χ4n) is 7.17. The largest absolute Gasteiger partial charge is 0.493 e. The van der Waals surface area contributed by atoms with Gasteiger partial charge in [-0.25, -0.2) is 0 Å². The molecule has 1 heteroatoms. The van der Waals surface area contributed by atoms with E-state index < -0.39 is 0 Å². The summed E-state index contributed by atoms with van der Waals surface area (Å²) in [6.45, 7) is 7.08. The molecule has 0 saturated heterocycles. The lowest BCUT2D eigenvalue weighted by molar-refractivity contribution is 0.179. The Morgan fingerprint density at radius 2 is 1.46 bits per heavy atom. The summed E-state index contributed by atoms with van der Waals surface area (Å²) in [6, 6.07) is 9.06. The van der Waals surface area contributed by atoms with Gasteiger partial charge in [0, 0.05) is 5.92 Å². The van der Waals surface area contributed by atoms with E-state index in [1.165, 1.54) is 108 Å². The van der Waals surface area contributed by atoms with Crippen LogP contribution in [0.4, 0.5) is 0 Å². The predicted octanol–water partition coefficient (Wildman–Crippen LogP) is 10.3. The van der Waals surface area contributed by atoms with Gasteiger partial charge in [-0.05, 0) is 98.7 Å². The van der Waals surface area contributed by atoms with E-state index in [2.05, 4.69) is 56.0 Å². The Labute approximate surface area is 216 Å². The molecule has 3 aliphatic rings. The first kappa shape index (κ1) is 26.6. The van der Waals surface area contributed by atoms with Gasteiger partial charge in [0.15, 0.2) is 0 Å². The highest BCUT2D eigenvalue weighted by molar-refractivity contribution is 5.32. The van der Waals surface area contributed by atoms with Crippen LogP contribution in [0.1, 0.15) is 121 Å². The van der Waals surface area contributed by atoms with Gasteiger partial charge < -0.3 is 4.74 Å². The fourth-order valence-corrected chi connectivity index (χ4v) is 7.17. The van der Waals surface area contributed by atoms with Crippen LogP contribution in [0.25, 0.3) is 0 Å². The number of allylic oxidation sites excluding steroid dienone is 3. The quantitative estimate of drug-likeness (QED) is 0.215. The van der Waals surface area contributed by atoms with Gasteiger partial charge in [-0.2, -0.15) is 0 Å². The van der Waals surface area contributed by atoms with Crippen LogP contribution >= 0.6 is 0 Å². The molecule has 0 radical (unpaired) electrons. The molecule has 4 rings (SSSR count). The molecule has 0 aliphatic heterocycles. The van der Waals surface area contributed by atoms with Crippen molar-refractivity contribution >= 4 is 0 Å². The van der Waals surface area contributed by atoms with Crippen molar-refractivity contribution in [2.75, 3.05) is 6.61 Å². The van der Waals surface area contributed by atoms with Gasteiger partial charge in [0.05, 0.1) is 6.61 Å². The smallest absolute Gasteiger partial charge is 0.119 e. The van der Waals surface area contributed by atoms with Crippen molar-refractivity contribution < 1.29 is 4.74 Å². The van der Waals surface area contributed by atoms with E-state index in [1.54, 1.807) is 0 Å². The molecule has 0 amide bonds. The SMILES string of the molecule is C=CCCC1CCC(COc2ccc(C3C=CC(C4CCC(CCCCC)CC4)CC3)cc2)CC1. The molecule has 2 saturated carbocycles. The molecule has 2 unspecified atom stereocenters. The van der Waals surface area contributed by atoms with Crippen molar-refractivity contribution in [1.29, 1.82) is 0 Å². The molecule has 1 aromatic rings. The molecule has 0 spiro atoms. The minimum absolute atomic E-state index is 0.594. The van der Waals surface area contributed by atoms with E-state index in [-0.39, 0.29) is 0 Å². The summed E-state index contributed by atoms with van der Waals surface area (Å²) >= 11 is 0. The monoisotopic (exact) mass is 476 g/mol. The average Bonchev–Trinajstić information content (AvgIpc) is 2.92. The molecule has 0 aromatic heterocycles. The second kappa shape index (κ2) is 14.3. The predicted molar refractivity (Wildman–Crippen MR) is 151 cm³/mol. The van der Waals surface area contributed by atoms with Gasteiger partial charge in [-0.15, -0.1) is 6.58 Å². The minimum atomic E-state index is 0.594. The molecule has 2 fully saturated rings. The lowest BCUT2D eigenvalue weighted by Gasteiger charge is -2.35. The maximum Gasteiger partial charge on any atom is 0.119 e. The van der Waals surface area contributed by atoms with Crippen LogP contribution < -0.4 is 4.74 Å². The van der Waals surface area contributed by atoms with Crippen molar-refractivity contribution in [1.82, 2.24) is 0 Å². The van der Waals surface area contributed by atoms with Crippen molar-refractivity contribution in [3.8, 4) is 5.75 Å². The number of hydrogen-bond acceptors (Lipinski definition) is 1. The molecular weight excluding hydrogens is 424 g/mol. The van der Waals surface area contributed by atoms with Gasteiger partial charge in [-0.1, -0.05) is 88.7 Å². The van der Waals surface area contributed by atoms with Gasteiger partial charge in [0.1, 0.15) is 5.75 Å². The maximum atomic E-state index is 6.21. The Morgan fingerprint density at radius 3 is 2.11 bits per heavy atom. The third-order valence-corrected chi connectivity index (χ3v) is 9.65. The Balaban J connectivity index is 1.16. The van der Waals surface area contributed by atoms with Crippen LogP contribution in [0.3, 0.4) is 0 Å². The summed E-state index contributed by atoms with van der Waals surface area (Å²) in [7, 11) is 0. The third-order valence-electron chi connectivity index (χ3n) is 9.65. The summed E-state index contributed by atoms with van der Waals surface area (Å²) in [4.78, 5) is 0. The average molecular weight is 477 g/mol. The fraction of sp³-hybridized carbons (Fsp3) is 0.706. The molecule has 0 N–H and O–H groups in total. The highest BCUT2D eigenvalue weighted by atomic mass is 16.5. The van der Waals surface area contributed by atoms with E-state index in [4.69, 9.17) is 4.74 Å². The van der Waals surface area contributed by atoms with E-state index in [0.717, 1.165) is 41.9 Å². The molecule has 0 bridgehead atoms. The first-order valence-electron chi connectivity index (χ1n) is 15.3. The van der Waals surface area contributed by atoms with Crippen LogP contribution in [0.15, 0.2) is 49.1 Å². The molecule has 1 aromatic carbocycles. The van der Waals surface area contributed by atoms with Crippen molar-refractivity contribution in [3.63, 3.8) is 0 Å². The Hall–Kier alpha value is -1.50. The topological polar surface area (TPSA) is 9.23 Å². The van der Waals surface area contributed by atoms with Crippen LogP contribution in [-0.4, -0.2) is 6.61 Å². The molecule has 35 heavy (non-hydrogen) atoms. The van der Waals surface area contributed by atoms with Crippen molar-refractivity contribution in [2.24, 2.45) is 29.6 Å². The van der Waals surface area contributed by atoms with E-state index in [1.807, 2.05) is 0 Å². The summed E-state index contributed by atoms with van der Waals surface area (Å²) in [5, 5.41) is 0. The molecule has 0 heterocycles. The number of hydrogen-bond donors (Lipinski definition) is 0. The zero-order chi connectivity index (χ0) is 24.3. The number of ether oxygens (including phenoxy) is 1. The number of unbranched alkanes of at least 4 members (excludes halogenated alkanes) is 2. The lowest BCUT2D eigenvalue weighted by Crippen LogP contribution is -2.23. The molecule has 1 nitrogen and oxygen atoms in total. The molecule has 3 aliphatic carbocycles. The number of benzene rings is 1. The Bertz CT molecular complexity index is 745. The van der Waals surface area contributed by atoms with Crippen LogP contribution in [0, 0.1) is 29.6 Å². The first-order valence-corrected chi connectivity index (χ1v) is 15.3. The van der Waals surface area contributed by atoms with E-state index >= 15 is 0 Å². The summed E-state index contributed by atoms with van der Waals surface area (Å²) in [5.74, 6) is 6.10. The zero-order valence-electron chi connectivity index (χ0n) is 22.6. The van der Waals surface area contributed by atoms with Gasteiger partial charge in [0.25, 0.3) is 0 Å². The minimum Gasteiger partial charge on any atom is -0.493 e. The Kier molecular flexibility index (Phi) is 10.8. The summed E-state index contributed by atoms with van der Waals surface area (Å²) in [6.07, 6.45) is 29.4. The molecular formula is C34H52O. The summed E-state index contributed by atoms with van der Waals surface area (Å²) in [5.41, 5.74) is 1.47. The van der Waals surface area contributed by atoms with Crippen LogP contribution in [0.2, 0.25) is 0 Å². The highest BCUT2D eigenvalue weighted by Crippen LogP contribution is 2.41. The summed E-state index contributed by atoms with van der Waals surface area (Å²) < 4.78 is 6.21. The maximum absolute atomic E-state index is 6.21. The Morgan fingerprint density at radius 1 is 0.771 bits per heavy atom. The second-order valence-electron chi connectivity index (χ2n) is 12.1.